The molecule has 0 spiro atoms. The van der Waals surface area contributed by atoms with Crippen molar-refractivity contribution in [2.24, 2.45) is 5.41 Å². The third kappa shape index (κ3) is 4.13. The van der Waals surface area contributed by atoms with Crippen LogP contribution < -0.4 is 0 Å². The van der Waals surface area contributed by atoms with Crippen molar-refractivity contribution in [3.8, 4) is 11.8 Å². The first-order valence-corrected chi connectivity index (χ1v) is 5.48. The van der Waals surface area contributed by atoms with Gasteiger partial charge in [0.2, 0.25) is 0 Å². The number of quaternary nitrogens is 1. The van der Waals surface area contributed by atoms with Crippen LogP contribution in [-0.4, -0.2) is 24.3 Å². The van der Waals surface area contributed by atoms with Gasteiger partial charge in [0, 0.05) is 5.41 Å². The third-order valence-corrected chi connectivity index (χ3v) is 2.46. The summed E-state index contributed by atoms with van der Waals surface area (Å²) in [5.41, 5.74) is 0.0228. The standard InChI is InChI=1S/C12H21NO/c1-12(2,3)8-7-11-13(14)9-5-4-6-10-13/h4-6,9-11H2,1-3H3. The van der Waals surface area contributed by atoms with Crippen LogP contribution in [0.1, 0.15) is 40.0 Å². The Balaban J connectivity index is 2.45. The molecule has 0 aliphatic carbocycles. The number of rotatable bonds is 1. The molecular weight excluding hydrogens is 174 g/mol. The normalized spacial score (nSPS) is 21.1. The number of hydrogen-bond donors (Lipinski definition) is 0. The second-order valence-electron chi connectivity index (χ2n) is 5.28. The molecule has 0 atom stereocenters. The average molecular weight is 195 g/mol. The summed E-state index contributed by atoms with van der Waals surface area (Å²) in [6.45, 7) is 8.23. The largest absolute Gasteiger partial charge is 0.632 e. The first-order chi connectivity index (χ1) is 6.41. The minimum absolute atomic E-state index is 0.0228. The highest BCUT2D eigenvalue weighted by molar-refractivity contribution is 5.07. The van der Waals surface area contributed by atoms with Crippen LogP contribution in [0.25, 0.3) is 0 Å². The Morgan fingerprint density at radius 2 is 1.71 bits per heavy atom. The molecular formula is C12H21NO. The van der Waals surface area contributed by atoms with Crippen molar-refractivity contribution in [3.63, 3.8) is 0 Å². The van der Waals surface area contributed by atoms with Crippen LogP contribution >= 0.6 is 0 Å². The van der Waals surface area contributed by atoms with Crippen molar-refractivity contribution in [1.29, 1.82) is 0 Å². The van der Waals surface area contributed by atoms with E-state index >= 15 is 0 Å². The first kappa shape index (κ1) is 11.6. The minimum atomic E-state index is -0.0803. The fourth-order valence-corrected chi connectivity index (χ4v) is 1.70. The molecule has 0 saturated carbocycles. The van der Waals surface area contributed by atoms with Crippen molar-refractivity contribution >= 4 is 0 Å². The van der Waals surface area contributed by atoms with Gasteiger partial charge < -0.3 is 9.85 Å². The van der Waals surface area contributed by atoms with Gasteiger partial charge in [-0.1, -0.05) is 5.92 Å². The third-order valence-electron chi connectivity index (χ3n) is 2.46. The molecule has 0 aromatic rings. The lowest BCUT2D eigenvalue weighted by Crippen LogP contribution is -2.46. The summed E-state index contributed by atoms with van der Waals surface area (Å²) >= 11 is 0. The van der Waals surface area contributed by atoms with Crippen LogP contribution in [0, 0.1) is 22.5 Å². The van der Waals surface area contributed by atoms with E-state index in [2.05, 4.69) is 32.6 Å². The zero-order valence-electron chi connectivity index (χ0n) is 9.60. The summed E-state index contributed by atoms with van der Waals surface area (Å²) in [7, 11) is 0. The van der Waals surface area contributed by atoms with Crippen LogP contribution in [0.15, 0.2) is 0 Å². The lowest BCUT2D eigenvalue weighted by Gasteiger charge is -2.44. The average Bonchev–Trinajstić information content (AvgIpc) is 2.02. The molecule has 1 saturated heterocycles. The van der Waals surface area contributed by atoms with Crippen molar-refractivity contribution in [2.75, 3.05) is 19.6 Å². The van der Waals surface area contributed by atoms with E-state index in [0.29, 0.717) is 6.54 Å². The van der Waals surface area contributed by atoms with Gasteiger partial charge in [0.05, 0.1) is 13.1 Å². The summed E-state index contributed by atoms with van der Waals surface area (Å²) in [5, 5.41) is 12.0. The van der Waals surface area contributed by atoms with Gasteiger partial charge in [-0.3, -0.25) is 0 Å². The highest BCUT2D eigenvalue weighted by Gasteiger charge is 2.19. The van der Waals surface area contributed by atoms with Crippen molar-refractivity contribution in [1.82, 2.24) is 0 Å². The molecule has 0 bridgehead atoms. The van der Waals surface area contributed by atoms with Gasteiger partial charge in [0.1, 0.15) is 6.54 Å². The molecule has 0 unspecified atom stereocenters. The van der Waals surface area contributed by atoms with E-state index in [4.69, 9.17) is 0 Å². The molecule has 0 aromatic carbocycles. The monoisotopic (exact) mass is 195 g/mol. The van der Waals surface area contributed by atoms with E-state index in [9.17, 15) is 5.21 Å². The van der Waals surface area contributed by atoms with Gasteiger partial charge in [-0.05, 0) is 46.0 Å². The van der Waals surface area contributed by atoms with E-state index in [1.807, 2.05) is 0 Å². The molecule has 2 nitrogen and oxygen atoms in total. The van der Waals surface area contributed by atoms with Gasteiger partial charge in [-0.25, -0.2) is 0 Å². The van der Waals surface area contributed by atoms with E-state index in [1.165, 1.54) is 6.42 Å². The van der Waals surface area contributed by atoms with E-state index in [-0.39, 0.29) is 10.1 Å². The van der Waals surface area contributed by atoms with Crippen LogP contribution in [-0.2, 0) is 0 Å². The smallest absolute Gasteiger partial charge is 0.140 e. The van der Waals surface area contributed by atoms with E-state index < -0.39 is 0 Å². The van der Waals surface area contributed by atoms with Gasteiger partial charge in [0.25, 0.3) is 0 Å². The molecule has 1 fully saturated rings. The molecule has 0 N–H and O–H groups in total. The molecule has 80 valence electrons. The lowest BCUT2D eigenvalue weighted by molar-refractivity contribution is -0.878. The highest BCUT2D eigenvalue weighted by atomic mass is 16.5. The van der Waals surface area contributed by atoms with E-state index in [1.54, 1.807) is 0 Å². The fraction of sp³-hybridized carbons (Fsp3) is 0.833. The summed E-state index contributed by atoms with van der Waals surface area (Å²) in [6.07, 6.45) is 3.36. The minimum Gasteiger partial charge on any atom is -0.632 e. The van der Waals surface area contributed by atoms with Crippen LogP contribution in [0.4, 0.5) is 0 Å². The molecule has 0 amide bonds. The molecule has 0 aromatic heterocycles. The summed E-state index contributed by atoms with van der Waals surface area (Å²) in [5.74, 6) is 6.17. The Hall–Kier alpha value is -0.520. The lowest BCUT2D eigenvalue weighted by atomic mass is 9.98. The van der Waals surface area contributed by atoms with Crippen molar-refractivity contribution < 1.29 is 4.65 Å². The molecule has 1 heterocycles. The zero-order valence-corrected chi connectivity index (χ0v) is 9.60. The van der Waals surface area contributed by atoms with Crippen LogP contribution in [0.2, 0.25) is 0 Å². The second-order valence-corrected chi connectivity index (χ2v) is 5.28. The predicted molar refractivity (Wildman–Crippen MR) is 59.3 cm³/mol. The number of hydrogen-bond acceptors (Lipinski definition) is 1. The zero-order chi connectivity index (χ0) is 10.7. The molecule has 1 aliphatic heterocycles. The summed E-state index contributed by atoms with van der Waals surface area (Å²) in [6, 6.07) is 0. The van der Waals surface area contributed by atoms with E-state index in [0.717, 1.165) is 25.9 Å². The Bertz CT molecular complexity index is 235. The molecule has 1 aliphatic rings. The summed E-state index contributed by atoms with van der Waals surface area (Å²) < 4.78 is -0.0803. The van der Waals surface area contributed by atoms with Gasteiger partial charge >= 0.3 is 0 Å². The highest BCUT2D eigenvalue weighted by Crippen LogP contribution is 2.16. The van der Waals surface area contributed by atoms with Gasteiger partial charge in [-0.2, -0.15) is 0 Å². The number of likely N-dealkylation sites (tertiary alicyclic amines) is 1. The number of piperidine rings is 1. The summed E-state index contributed by atoms with van der Waals surface area (Å²) in [4.78, 5) is 0. The SMILES string of the molecule is CC(C)(C)C#CC[N+]1([O-])CCCCC1. The first-order valence-electron chi connectivity index (χ1n) is 5.48. The van der Waals surface area contributed by atoms with Crippen molar-refractivity contribution in [3.05, 3.63) is 5.21 Å². The number of nitrogens with zero attached hydrogens (tertiary/aromatic N) is 1. The maximum absolute atomic E-state index is 12.0. The van der Waals surface area contributed by atoms with Crippen molar-refractivity contribution in [2.45, 2.75) is 40.0 Å². The van der Waals surface area contributed by atoms with Crippen LogP contribution in [0.3, 0.4) is 0 Å². The maximum Gasteiger partial charge on any atom is 0.140 e. The Morgan fingerprint density at radius 3 is 2.21 bits per heavy atom. The predicted octanol–water partition coefficient (Wildman–Crippen LogP) is 2.53. The molecule has 2 heteroatoms. The van der Waals surface area contributed by atoms with Gasteiger partial charge in [0.15, 0.2) is 0 Å². The van der Waals surface area contributed by atoms with Gasteiger partial charge in [-0.15, -0.1) is 0 Å². The molecule has 0 radical (unpaired) electrons. The Morgan fingerprint density at radius 1 is 1.14 bits per heavy atom. The quantitative estimate of drug-likeness (QED) is 0.358. The number of hydroxylamine groups is 3. The van der Waals surface area contributed by atoms with Crippen LogP contribution in [0.5, 0.6) is 0 Å². The topological polar surface area (TPSA) is 23.1 Å². The maximum atomic E-state index is 12.0. The fourth-order valence-electron chi connectivity index (χ4n) is 1.70. The molecule has 1 rings (SSSR count). The second kappa shape index (κ2) is 4.33. The Kier molecular flexibility index (Phi) is 3.58. The molecule has 14 heavy (non-hydrogen) atoms. The Labute approximate surface area is 87.5 Å².